The molecule has 0 saturated heterocycles. The number of carbonyl (C=O) groups is 2. The molecule has 0 rings (SSSR count). The zero-order chi connectivity index (χ0) is 18.4. The molecule has 0 radical (unpaired) electrons. The highest BCUT2D eigenvalue weighted by atomic mass is 31.2. The molecule has 2 N–H and O–H groups in total. The van der Waals surface area contributed by atoms with Gasteiger partial charge in [0.25, 0.3) is 5.91 Å². The molecule has 138 valence electrons. The van der Waals surface area contributed by atoms with Crippen LogP contribution in [-0.4, -0.2) is 76.0 Å². The summed E-state index contributed by atoms with van der Waals surface area (Å²) in [7, 11) is 4.49. The van der Waals surface area contributed by atoms with E-state index in [1.165, 1.54) is 39.4 Å². The Bertz CT molecular complexity index is 420. The predicted molar refractivity (Wildman–Crippen MR) is 88.8 cm³/mol. The van der Waals surface area contributed by atoms with Crippen molar-refractivity contribution >= 4 is 20.7 Å². The topological polar surface area (TPSA) is 107 Å². The molecule has 0 aromatic heterocycles. The largest absolute Gasteiger partial charge is 0.382 e. The smallest absolute Gasteiger partial charge is 0.251 e. The van der Waals surface area contributed by atoms with Gasteiger partial charge < -0.3 is 28.5 Å². The van der Waals surface area contributed by atoms with Crippen molar-refractivity contribution in [3.05, 3.63) is 24.2 Å². The van der Waals surface area contributed by atoms with Gasteiger partial charge >= 0.3 is 0 Å². The zero-order valence-electron chi connectivity index (χ0n) is 14.2. The lowest BCUT2D eigenvalue weighted by molar-refractivity contribution is -0.122. The molecule has 3 unspecified atom stereocenters. The Labute approximate surface area is 143 Å². The molecule has 0 aliphatic rings. The van der Waals surface area contributed by atoms with Crippen molar-refractivity contribution in [1.29, 1.82) is 0 Å². The normalized spacial score (nSPS) is 15.4. The summed E-state index contributed by atoms with van der Waals surface area (Å²) in [5.74, 6) is 0.948. The van der Waals surface area contributed by atoms with Gasteiger partial charge in [-0.05, 0) is 11.9 Å². The molecule has 0 heterocycles. The quantitative estimate of drug-likeness (QED) is 0.206. The van der Waals surface area contributed by atoms with E-state index in [-0.39, 0.29) is 13.2 Å². The average Bonchev–Trinajstić information content (AvgIpc) is 2.57. The number of hydrogen-bond donors (Lipinski definition) is 2. The lowest BCUT2D eigenvalue weighted by Gasteiger charge is -2.29. The summed E-state index contributed by atoms with van der Waals surface area (Å²) in [6.45, 7) is 0.481. The van der Waals surface area contributed by atoms with Crippen LogP contribution in [0.3, 0.4) is 0 Å². The number of nitrogens with zero attached hydrogens (tertiary/aromatic N) is 1. The van der Waals surface area contributed by atoms with Gasteiger partial charge in [0.15, 0.2) is 14.6 Å². The number of imide groups is 1. The maximum atomic E-state index is 11.3. The Kier molecular flexibility index (Phi) is 13.2. The summed E-state index contributed by atoms with van der Waals surface area (Å²) in [4.78, 5) is 32.5. The Morgan fingerprint density at radius 3 is 2.50 bits per heavy atom. The van der Waals surface area contributed by atoms with Gasteiger partial charge in [0.05, 0.1) is 13.2 Å². The van der Waals surface area contributed by atoms with E-state index in [2.05, 4.69) is 0 Å². The fourth-order valence-electron chi connectivity index (χ4n) is 1.52. The van der Waals surface area contributed by atoms with E-state index in [4.69, 9.17) is 18.7 Å². The number of hydrogen-bond acceptors (Lipinski definition) is 8. The van der Waals surface area contributed by atoms with E-state index in [1.807, 2.05) is 5.32 Å². The minimum Gasteiger partial charge on any atom is -0.382 e. The fraction of sp³-hybridized carbons (Fsp3) is 0.571. The highest BCUT2D eigenvalue weighted by Gasteiger charge is 2.18. The third-order valence-corrected chi connectivity index (χ3v) is 3.51. The van der Waals surface area contributed by atoms with Gasteiger partial charge in [0.2, 0.25) is 6.41 Å². The molecule has 0 spiro atoms. The van der Waals surface area contributed by atoms with Crippen molar-refractivity contribution < 1.29 is 33.2 Å². The van der Waals surface area contributed by atoms with Crippen LogP contribution in [0.4, 0.5) is 0 Å². The minimum atomic E-state index is -1.65. The lowest BCUT2D eigenvalue weighted by Crippen LogP contribution is -2.38. The second-order valence-corrected chi connectivity index (χ2v) is 5.74. The number of nitrogens with one attached hydrogen (secondary N) is 1. The Morgan fingerprint density at radius 2 is 1.96 bits per heavy atom. The van der Waals surface area contributed by atoms with Gasteiger partial charge in [-0.25, -0.2) is 0 Å². The molecule has 0 fully saturated rings. The van der Waals surface area contributed by atoms with Crippen LogP contribution in [0.15, 0.2) is 24.2 Å². The summed E-state index contributed by atoms with van der Waals surface area (Å²) in [6.07, 6.45) is 3.62. The first kappa shape index (κ1) is 22.6. The maximum absolute atomic E-state index is 11.3. The van der Waals surface area contributed by atoms with Crippen LogP contribution in [0.25, 0.3) is 0 Å². The first-order valence-electron chi connectivity index (χ1n) is 6.96. The standard InChI is InChI=1S/C14H25N2O7P/c1-16(7-5-13(18)15-11-17)14(10-21-3)23-12(9-20-2)6-8-24(19)22-4/h5-8,11-12,14,19H,9-10H2,1-4H3,(H,15,17,18)/b7-5-,8-6+. The van der Waals surface area contributed by atoms with Gasteiger partial charge in [-0.1, -0.05) is 0 Å². The van der Waals surface area contributed by atoms with Gasteiger partial charge in [0.1, 0.15) is 6.10 Å². The average molecular weight is 364 g/mol. The van der Waals surface area contributed by atoms with E-state index in [0.717, 1.165) is 0 Å². The second-order valence-electron chi connectivity index (χ2n) is 4.47. The van der Waals surface area contributed by atoms with Gasteiger partial charge in [-0.2, -0.15) is 0 Å². The Morgan fingerprint density at radius 1 is 1.29 bits per heavy atom. The summed E-state index contributed by atoms with van der Waals surface area (Å²) in [6, 6.07) is 0. The number of methoxy groups -OCH3 is 2. The highest BCUT2D eigenvalue weighted by Crippen LogP contribution is 2.31. The highest BCUT2D eigenvalue weighted by molar-refractivity contribution is 7.49. The molecule has 3 atom stereocenters. The molecule has 0 aromatic carbocycles. The molecule has 24 heavy (non-hydrogen) atoms. The predicted octanol–water partition coefficient (Wildman–Crippen LogP) is 0.173. The van der Waals surface area contributed by atoms with Crippen LogP contribution >= 0.6 is 8.38 Å². The van der Waals surface area contributed by atoms with Crippen molar-refractivity contribution in [2.24, 2.45) is 0 Å². The van der Waals surface area contributed by atoms with E-state index in [9.17, 15) is 14.5 Å². The molecule has 10 heteroatoms. The van der Waals surface area contributed by atoms with E-state index < -0.39 is 26.6 Å². The zero-order valence-corrected chi connectivity index (χ0v) is 15.1. The summed E-state index contributed by atoms with van der Waals surface area (Å²) in [5.41, 5.74) is 0. The number of rotatable bonds is 13. The van der Waals surface area contributed by atoms with Gasteiger partial charge in [-0.15, -0.1) is 0 Å². The second kappa shape index (κ2) is 14.0. The van der Waals surface area contributed by atoms with Crippen molar-refractivity contribution in [3.63, 3.8) is 0 Å². The Balaban J connectivity index is 4.88. The molecule has 9 nitrogen and oxygen atoms in total. The Hall–Kier alpha value is -1.35. The summed E-state index contributed by atoms with van der Waals surface area (Å²) < 4.78 is 20.8. The first-order chi connectivity index (χ1) is 11.5. The molecule has 0 aromatic rings. The number of amides is 2. The van der Waals surface area contributed by atoms with Gasteiger partial charge in [-0.3, -0.25) is 14.9 Å². The van der Waals surface area contributed by atoms with Crippen molar-refractivity contribution in [2.75, 3.05) is 41.6 Å². The summed E-state index contributed by atoms with van der Waals surface area (Å²) in [5, 5.41) is 2.00. The first-order valence-corrected chi connectivity index (χ1v) is 8.24. The number of ether oxygens (including phenoxy) is 3. The van der Waals surface area contributed by atoms with Crippen LogP contribution in [0.2, 0.25) is 0 Å². The minimum absolute atomic E-state index is 0.225. The van der Waals surface area contributed by atoms with E-state index >= 15 is 0 Å². The van der Waals surface area contributed by atoms with Crippen LogP contribution in [0.5, 0.6) is 0 Å². The van der Waals surface area contributed by atoms with Crippen molar-refractivity contribution in [1.82, 2.24) is 10.2 Å². The third kappa shape index (κ3) is 10.4. The lowest BCUT2D eigenvalue weighted by atomic mass is 10.3. The molecule has 0 saturated carbocycles. The third-order valence-electron chi connectivity index (χ3n) is 2.70. The van der Waals surface area contributed by atoms with Crippen molar-refractivity contribution in [3.8, 4) is 0 Å². The van der Waals surface area contributed by atoms with Crippen molar-refractivity contribution in [2.45, 2.75) is 12.3 Å². The van der Waals surface area contributed by atoms with E-state index in [1.54, 1.807) is 18.0 Å². The molecule has 0 aliphatic carbocycles. The van der Waals surface area contributed by atoms with Crippen LogP contribution in [-0.2, 0) is 28.3 Å². The molecular weight excluding hydrogens is 339 g/mol. The number of carbonyl (C=O) groups excluding carboxylic acids is 2. The van der Waals surface area contributed by atoms with Crippen LogP contribution in [0.1, 0.15) is 0 Å². The summed E-state index contributed by atoms with van der Waals surface area (Å²) >= 11 is 0. The molecular formula is C14H25N2O7P. The fourth-order valence-corrected chi connectivity index (χ4v) is 1.98. The maximum Gasteiger partial charge on any atom is 0.251 e. The molecule has 0 aliphatic heterocycles. The molecule has 0 bridgehead atoms. The SMILES string of the molecule is COCC(/C=C/P(O)OC)OC(COC)N(C)/C=C\C(=O)NC=O. The van der Waals surface area contributed by atoms with E-state index in [0.29, 0.717) is 6.41 Å². The van der Waals surface area contributed by atoms with Crippen LogP contribution in [0, 0.1) is 0 Å². The van der Waals surface area contributed by atoms with Crippen LogP contribution < -0.4 is 5.32 Å². The molecule has 2 amide bonds. The van der Waals surface area contributed by atoms with Gasteiger partial charge in [0, 0.05) is 40.7 Å². The monoisotopic (exact) mass is 364 g/mol. The number of likely N-dealkylation sites (N-methyl/N-ethyl adjacent to an activating group) is 1.